The first-order valence-electron chi connectivity index (χ1n) is 5.65. The molecule has 1 aromatic rings. The molecule has 1 rings (SSSR count). The van der Waals surface area contributed by atoms with Gasteiger partial charge in [-0.1, -0.05) is 0 Å². The highest BCUT2D eigenvalue weighted by molar-refractivity contribution is 5.91. The summed E-state index contributed by atoms with van der Waals surface area (Å²) in [6, 6.07) is 2.10. The van der Waals surface area contributed by atoms with Crippen LogP contribution in [0.2, 0.25) is 0 Å². The number of hydrogen-bond acceptors (Lipinski definition) is 3. The number of halogens is 2. The third-order valence-electron chi connectivity index (χ3n) is 2.35. The predicted octanol–water partition coefficient (Wildman–Crippen LogP) is 1.53. The van der Waals surface area contributed by atoms with Crippen molar-refractivity contribution in [3.8, 4) is 0 Å². The highest BCUT2D eigenvalue weighted by Gasteiger charge is 2.17. The molecule has 0 bridgehead atoms. The van der Waals surface area contributed by atoms with Gasteiger partial charge in [0.15, 0.2) is 11.6 Å². The lowest BCUT2D eigenvalue weighted by atomic mass is 10.3. The number of nitrogens with zero attached hydrogens (tertiary/aromatic N) is 1. The first-order valence-corrected chi connectivity index (χ1v) is 5.65. The van der Waals surface area contributed by atoms with E-state index in [-0.39, 0.29) is 18.8 Å². The molecule has 0 aliphatic heterocycles. The van der Waals surface area contributed by atoms with Gasteiger partial charge in [-0.05, 0) is 12.1 Å². The molecule has 0 atom stereocenters. The molecule has 0 aliphatic carbocycles. The first kappa shape index (κ1) is 15.8. The summed E-state index contributed by atoms with van der Waals surface area (Å²) in [4.78, 5) is 23.5. The van der Waals surface area contributed by atoms with Crippen molar-refractivity contribution in [2.45, 2.75) is 0 Å². The molecule has 0 heterocycles. The second-order valence-corrected chi connectivity index (χ2v) is 3.87. The number of nitrogens with one attached hydrogen (secondary N) is 1. The largest absolute Gasteiger partial charge is 0.480 e. The molecule has 110 valence electrons. The van der Waals surface area contributed by atoms with Crippen LogP contribution in [0.4, 0.5) is 19.3 Å². The number of aliphatic carboxylic acids is 1. The van der Waals surface area contributed by atoms with Crippen LogP contribution in [0.5, 0.6) is 0 Å². The van der Waals surface area contributed by atoms with Crippen LogP contribution in [0.15, 0.2) is 18.2 Å². The fourth-order valence-corrected chi connectivity index (χ4v) is 1.39. The number of benzene rings is 1. The number of amides is 2. The summed E-state index contributed by atoms with van der Waals surface area (Å²) >= 11 is 0. The van der Waals surface area contributed by atoms with Gasteiger partial charge in [0.2, 0.25) is 0 Å². The summed E-state index contributed by atoms with van der Waals surface area (Å²) in [7, 11) is 1.41. The maximum Gasteiger partial charge on any atom is 0.323 e. The Morgan fingerprint density at radius 2 is 2.05 bits per heavy atom. The van der Waals surface area contributed by atoms with E-state index in [0.717, 1.165) is 17.0 Å². The van der Waals surface area contributed by atoms with E-state index >= 15 is 0 Å². The number of rotatable bonds is 6. The summed E-state index contributed by atoms with van der Waals surface area (Å²) in [5.41, 5.74) is 0.0294. The summed E-state index contributed by atoms with van der Waals surface area (Å²) in [5, 5.41) is 11.0. The maximum atomic E-state index is 13.0. The molecule has 0 fully saturated rings. The van der Waals surface area contributed by atoms with Crippen LogP contribution >= 0.6 is 0 Å². The van der Waals surface area contributed by atoms with Gasteiger partial charge in [0.25, 0.3) is 0 Å². The Morgan fingerprint density at radius 1 is 1.35 bits per heavy atom. The van der Waals surface area contributed by atoms with Crippen LogP contribution in [0.3, 0.4) is 0 Å². The van der Waals surface area contributed by atoms with Crippen LogP contribution in [-0.2, 0) is 9.53 Å². The highest BCUT2D eigenvalue weighted by atomic mass is 19.2. The topological polar surface area (TPSA) is 78.9 Å². The van der Waals surface area contributed by atoms with Crippen molar-refractivity contribution in [3.05, 3.63) is 29.8 Å². The minimum absolute atomic E-state index is 0.0294. The van der Waals surface area contributed by atoms with E-state index < -0.39 is 30.2 Å². The lowest BCUT2D eigenvalue weighted by Crippen LogP contribution is -2.40. The molecule has 20 heavy (non-hydrogen) atoms. The van der Waals surface area contributed by atoms with Crippen molar-refractivity contribution in [1.82, 2.24) is 4.90 Å². The third kappa shape index (κ3) is 4.81. The Labute approximate surface area is 113 Å². The molecule has 0 aromatic heterocycles. The zero-order valence-electron chi connectivity index (χ0n) is 10.7. The molecule has 0 radical (unpaired) electrons. The van der Waals surface area contributed by atoms with E-state index in [0.29, 0.717) is 0 Å². The van der Waals surface area contributed by atoms with Crippen molar-refractivity contribution in [3.63, 3.8) is 0 Å². The molecule has 0 unspecified atom stereocenters. The fraction of sp³-hybridized carbons (Fsp3) is 0.333. The number of ether oxygens (including phenoxy) is 1. The normalized spacial score (nSPS) is 10.2. The number of hydrogen-bond donors (Lipinski definition) is 2. The number of anilines is 1. The summed E-state index contributed by atoms with van der Waals surface area (Å²) < 4.78 is 30.5. The van der Waals surface area contributed by atoms with Gasteiger partial charge in [-0.15, -0.1) is 0 Å². The zero-order chi connectivity index (χ0) is 15.1. The Kier molecular flexibility index (Phi) is 5.85. The number of carbonyl (C=O) groups excluding carboxylic acids is 1. The Balaban J connectivity index is 2.73. The van der Waals surface area contributed by atoms with Crippen molar-refractivity contribution in [1.29, 1.82) is 0 Å². The summed E-state index contributed by atoms with van der Waals surface area (Å²) in [5.74, 6) is -3.34. The van der Waals surface area contributed by atoms with E-state index in [1.807, 2.05) is 0 Å². The number of carboxylic acid groups (broad SMARTS) is 1. The lowest BCUT2D eigenvalue weighted by Gasteiger charge is -2.20. The summed E-state index contributed by atoms with van der Waals surface area (Å²) in [6.45, 7) is -0.324. The van der Waals surface area contributed by atoms with E-state index in [9.17, 15) is 18.4 Å². The van der Waals surface area contributed by atoms with Crippen LogP contribution < -0.4 is 5.32 Å². The third-order valence-corrected chi connectivity index (χ3v) is 2.35. The Hall–Kier alpha value is -2.22. The van der Waals surface area contributed by atoms with Gasteiger partial charge in [0.05, 0.1) is 6.61 Å². The molecule has 0 saturated carbocycles. The van der Waals surface area contributed by atoms with Gasteiger partial charge in [-0.2, -0.15) is 0 Å². The monoisotopic (exact) mass is 288 g/mol. The first-order chi connectivity index (χ1) is 9.43. The molecule has 1 aromatic carbocycles. The fourth-order valence-electron chi connectivity index (χ4n) is 1.39. The quantitative estimate of drug-likeness (QED) is 0.832. The minimum Gasteiger partial charge on any atom is -0.480 e. The number of methoxy groups -OCH3 is 1. The minimum atomic E-state index is -1.19. The molecule has 6 nitrogen and oxygen atoms in total. The molecule has 0 saturated heterocycles. The van der Waals surface area contributed by atoms with E-state index in [2.05, 4.69) is 5.32 Å². The van der Waals surface area contributed by atoms with Gasteiger partial charge in [0, 0.05) is 25.4 Å². The Morgan fingerprint density at radius 3 is 2.60 bits per heavy atom. The molecule has 0 spiro atoms. The van der Waals surface area contributed by atoms with Crippen molar-refractivity contribution in [2.75, 3.05) is 32.1 Å². The molecule has 2 N–H and O–H groups in total. The van der Waals surface area contributed by atoms with E-state index in [4.69, 9.17) is 9.84 Å². The second-order valence-electron chi connectivity index (χ2n) is 3.87. The summed E-state index contributed by atoms with van der Waals surface area (Å²) in [6.07, 6.45) is 0. The molecular weight excluding hydrogens is 274 g/mol. The molecule has 2 amide bonds. The zero-order valence-corrected chi connectivity index (χ0v) is 10.7. The van der Waals surface area contributed by atoms with Crippen LogP contribution in [0, 0.1) is 11.6 Å². The molecule has 8 heteroatoms. The van der Waals surface area contributed by atoms with Gasteiger partial charge < -0.3 is 20.1 Å². The van der Waals surface area contributed by atoms with Crippen molar-refractivity contribution in [2.24, 2.45) is 0 Å². The van der Waals surface area contributed by atoms with Crippen molar-refractivity contribution < 1.29 is 28.2 Å². The Bertz CT molecular complexity index is 496. The number of urea groups is 1. The SMILES string of the molecule is COCCN(CC(=O)O)C(=O)Nc1ccc(F)c(F)c1. The van der Waals surface area contributed by atoms with Crippen LogP contribution in [0.25, 0.3) is 0 Å². The molecule has 0 aliphatic rings. The lowest BCUT2D eigenvalue weighted by molar-refractivity contribution is -0.137. The number of carbonyl (C=O) groups is 2. The van der Waals surface area contributed by atoms with Crippen LogP contribution in [0.1, 0.15) is 0 Å². The van der Waals surface area contributed by atoms with Crippen molar-refractivity contribution >= 4 is 17.7 Å². The van der Waals surface area contributed by atoms with Gasteiger partial charge >= 0.3 is 12.0 Å². The highest BCUT2D eigenvalue weighted by Crippen LogP contribution is 2.13. The van der Waals surface area contributed by atoms with Gasteiger partial charge in [-0.25, -0.2) is 13.6 Å². The van der Waals surface area contributed by atoms with E-state index in [1.165, 1.54) is 13.2 Å². The second kappa shape index (κ2) is 7.39. The smallest absolute Gasteiger partial charge is 0.323 e. The standard InChI is InChI=1S/C12H14F2N2O4/c1-20-5-4-16(7-11(17)18)12(19)15-8-2-3-9(13)10(14)6-8/h2-3,6H,4-5,7H2,1H3,(H,15,19)(H,17,18). The number of carboxylic acids is 1. The average Bonchev–Trinajstić information content (AvgIpc) is 2.38. The van der Waals surface area contributed by atoms with E-state index in [1.54, 1.807) is 0 Å². The van der Waals surface area contributed by atoms with Gasteiger partial charge in [0.1, 0.15) is 6.54 Å². The maximum absolute atomic E-state index is 13.0. The van der Waals surface area contributed by atoms with Gasteiger partial charge in [-0.3, -0.25) is 4.79 Å². The molecular formula is C12H14F2N2O4. The average molecular weight is 288 g/mol. The predicted molar refractivity (Wildman–Crippen MR) is 66.5 cm³/mol. The van der Waals surface area contributed by atoms with Crippen LogP contribution in [-0.4, -0.2) is 48.8 Å².